The molecule has 0 radical (unpaired) electrons. The van der Waals surface area contributed by atoms with Crippen molar-refractivity contribution in [2.45, 2.75) is 6.10 Å². The van der Waals surface area contributed by atoms with E-state index in [1.807, 2.05) is 0 Å². The second-order valence-corrected chi connectivity index (χ2v) is 4.36. The molecule has 3 rings (SSSR count). The fourth-order valence-corrected chi connectivity index (χ4v) is 1.84. The van der Waals surface area contributed by atoms with Crippen LogP contribution in [0.1, 0.15) is 10.5 Å². The average Bonchev–Trinajstić information content (AvgIpc) is 2.85. The number of hydrogen-bond donors (Lipinski definition) is 1. The van der Waals surface area contributed by atoms with Crippen LogP contribution in [0.5, 0.6) is 0 Å². The predicted molar refractivity (Wildman–Crippen MR) is 63.2 cm³/mol. The van der Waals surface area contributed by atoms with Gasteiger partial charge < -0.3 is 10.0 Å². The van der Waals surface area contributed by atoms with Crippen molar-refractivity contribution in [2.24, 2.45) is 0 Å². The van der Waals surface area contributed by atoms with Crippen molar-refractivity contribution >= 4 is 5.91 Å². The lowest BCUT2D eigenvalue weighted by Gasteiger charge is -2.35. The van der Waals surface area contributed by atoms with Crippen molar-refractivity contribution in [3.63, 3.8) is 0 Å². The molecule has 1 aromatic heterocycles. The Labute approximate surface area is 108 Å². The Morgan fingerprint density at radius 2 is 2.00 bits per heavy atom. The van der Waals surface area contributed by atoms with Gasteiger partial charge in [-0.25, -0.2) is 4.39 Å². The molecule has 98 valence electrons. The molecule has 0 aliphatic carbocycles. The van der Waals surface area contributed by atoms with Gasteiger partial charge in [-0.3, -0.25) is 4.79 Å². The van der Waals surface area contributed by atoms with Gasteiger partial charge in [-0.15, -0.1) is 5.10 Å². The molecule has 2 heterocycles. The zero-order valence-corrected chi connectivity index (χ0v) is 9.90. The van der Waals surface area contributed by atoms with Crippen LogP contribution < -0.4 is 0 Å². The minimum absolute atomic E-state index is 0.205. The highest BCUT2D eigenvalue weighted by molar-refractivity contribution is 5.92. The van der Waals surface area contributed by atoms with Gasteiger partial charge in [0.25, 0.3) is 5.91 Å². The van der Waals surface area contributed by atoms with Gasteiger partial charge in [0, 0.05) is 13.1 Å². The minimum Gasteiger partial charge on any atom is -0.389 e. The first-order valence-electron chi connectivity index (χ1n) is 5.79. The van der Waals surface area contributed by atoms with E-state index in [1.165, 1.54) is 40.2 Å². The molecule has 1 N–H and O–H groups in total. The van der Waals surface area contributed by atoms with Gasteiger partial charge in [0.15, 0.2) is 5.69 Å². The molecular weight excluding hydrogens is 251 g/mol. The van der Waals surface area contributed by atoms with Crippen molar-refractivity contribution in [3.8, 4) is 5.69 Å². The lowest BCUT2D eigenvalue weighted by molar-refractivity contribution is 0.00547. The van der Waals surface area contributed by atoms with Crippen molar-refractivity contribution in [3.05, 3.63) is 42.0 Å². The van der Waals surface area contributed by atoms with Gasteiger partial charge >= 0.3 is 0 Å². The zero-order valence-electron chi connectivity index (χ0n) is 9.90. The molecule has 2 aromatic rings. The molecule has 0 saturated carbocycles. The number of rotatable bonds is 2. The molecule has 19 heavy (non-hydrogen) atoms. The van der Waals surface area contributed by atoms with Crippen LogP contribution in [0.4, 0.5) is 4.39 Å². The predicted octanol–water partition coefficient (Wildman–Crippen LogP) is 0.223. The number of aromatic nitrogens is 3. The summed E-state index contributed by atoms with van der Waals surface area (Å²) in [7, 11) is 0. The molecule has 0 atom stereocenters. The van der Waals surface area contributed by atoms with Gasteiger partial charge in [0.05, 0.1) is 18.0 Å². The molecule has 1 saturated heterocycles. The van der Waals surface area contributed by atoms with Crippen molar-refractivity contribution in [1.82, 2.24) is 19.9 Å². The summed E-state index contributed by atoms with van der Waals surface area (Å²) in [4.78, 5) is 14.7. The SMILES string of the molecule is O=C(c1cnn(-c2ccc(F)cc2)n1)N1CC(O)C1. The van der Waals surface area contributed by atoms with E-state index < -0.39 is 6.10 Å². The number of halogens is 1. The molecule has 0 unspecified atom stereocenters. The number of hydrogen-bond acceptors (Lipinski definition) is 4. The Hall–Kier alpha value is -2.28. The summed E-state index contributed by atoms with van der Waals surface area (Å²) in [5.41, 5.74) is 0.778. The van der Waals surface area contributed by atoms with E-state index in [9.17, 15) is 9.18 Å². The summed E-state index contributed by atoms with van der Waals surface area (Å²) in [6.45, 7) is 0.643. The number of aliphatic hydroxyl groups excluding tert-OH is 1. The lowest BCUT2D eigenvalue weighted by atomic mass is 10.1. The van der Waals surface area contributed by atoms with Crippen LogP contribution in [0, 0.1) is 5.82 Å². The molecule has 1 aliphatic rings. The molecule has 6 nitrogen and oxygen atoms in total. The summed E-state index contributed by atoms with van der Waals surface area (Å²) < 4.78 is 12.8. The van der Waals surface area contributed by atoms with Crippen LogP contribution in [0.25, 0.3) is 5.69 Å². The fourth-order valence-electron chi connectivity index (χ4n) is 1.84. The second-order valence-electron chi connectivity index (χ2n) is 4.36. The number of aliphatic hydroxyl groups is 1. The first kappa shape index (κ1) is 11.8. The van der Waals surface area contributed by atoms with Crippen LogP contribution in [0.15, 0.2) is 30.5 Å². The van der Waals surface area contributed by atoms with Gasteiger partial charge in [-0.05, 0) is 24.3 Å². The Balaban J connectivity index is 1.79. The molecule has 0 bridgehead atoms. The highest BCUT2D eigenvalue weighted by Gasteiger charge is 2.30. The molecule has 1 amide bonds. The molecule has 0 spiro atoms. The Morgan fingerprint density at radius 1 is 1.32 bits per heavy atom. The highest BCUT2D eigenvalue weighted by atomic mass is 19.1. The van der Waals surface area contributed by atoms with E-state index in [0.29, 0.717) is 18.8 Å². The van der Waals surface area contributed by atoms with Gasteiger partial charge in [0.1, 0.15) is 5.82 Å². The zero-order chi connectivity index (χ0) is 13.4. The molecule has 1 aliphatic heterocycles. The van der Waals surface area contributed by atoms with Crippen molar-refractivity contribution in [1.29, 1.82) is 0 Å². The number of carbonyl (C=O) groups is 1. The van der Waals surface area contributed by atoms with E-state index in [1.54, 1.807) is 0 Å². The van der Waals surface area contributed by atoms with Crippen LogP contribution in [-0.2, 0) is 0 Å². The quantitative estimate of drug-likeness (QED) is 0.840. The van der Waals surface area contributed by atoms with E-state index in [-0.39, 0.29) is 17.4 Å². The Morgan fingerprint density at radius 3 is 2.63 bits per heavy atom. The summed E-state index contributed by atoms with van der Waals surface area (Å²) in [5.74, 6) is -0.611. The number of carbonyl (C=O) groups excluding carboxylic acids is 1. The summed E-state index contributed by atoms with van der Waals surface area (Å²) in [5, 5.41) is 17.2. The van der Waals surface area contributed by atoms with E-state index in [4.69, 9.17) is 5.11 Å². The first-order chi connectivity index (χ1) is 9.13. The third kappa shape index (κ3) is 2.19. The molecule has 7 heteroatoms. The second kappa shape index (κ2) is 4.43. The summed E-state index contributed by atoms with van der Waals surface area (Å²) in [6, 6.07) is 5.64. The normalized spacial score (nSPS) is 15.4. The minimum atomic E-state index is -0.448. The smallest absolute Gasteiger partial charge is 0.276 e. The fraction of sp³-hybridized carbons (Fsp3) is 0.250. The lowest BCUT2D eigenvalue weighted by Crippen LogP contribution is -2.53. The summed E-state index contributed by atoms with van der Waals surface area (Å²) in [6.07, 6.45) is 0.909. The largest absolute Gasteiger partial charge is 0.389 e. The maximum Gasteiger partial charge on any atom is 0.276 e. The number of likely N-dealkylation sites (tertiary alicyclic amines) is 1. The average molecular weight is 262 g/mol. The Kier molecular flexibility index (Phi) is 2.75. The maximum absolute atomic E-state index is 12.8. The number of β-amino-alcohol motifs (C(OH)–C–C–N with tert-alkyl or cyclic N) is 1. The van der Waals surface area contributed by atoms with E-state index in [2.05, 4.69) is 10.2 Å². The van der Waals surface area contributed by atoms with Gasteiger partial charge in [-0.2, -0.15) is 9.90 Å². The van der Waals surface area contributed by atoms with Gasteiger partial charge in [-0.1, -0.05) is 0 Å². The third-order valence-electron chi connectivity index (χ3n) is 2.92. The van der Waals surface area contributed by atoms with Crippen LogP contribution in [0.2, 0.25) is 0 Å². The molecular formula is C12H11FN4O2. The number of amides is 1. The number of benzene rings is 1. The topological polar surface area (TPSA) is 71.2 Å². The van der Waals surface area contributed by atoms with Crippen LogP contribution in [0.3, 0.4) is 0 Å². The Bertz CT molecular complexity index is 604. The number of nitrogens with zero attached hydrogens (tertiary/aromatic N) is 4. The third-order valence-corrected chi connectivity index (χ3v) is 2.92. The van der Waals surface area contributed by atoms with Crippen LogP contribution >= 0.6 is 0 Å². The standard InChI is InChI=1S/C12H11FN4O2/c13-8-1-3-9(4-2-8)17-14-5-11(15-17)12(19)16-6-10(18)7-16/h1-5,10,18H,6-7H2. The van der Waals surface area contributed by atoms with Crippen molar-refractivity contribution < 1.29 is 14.3 Å². The monoisotopic (exact) mass is 262 g/mol. The maximum atomic E-state index is 12.8. The summed E-state index contributed by atoms with van der Waals surface area (Å²) >= 11 is 0. The van der Waals surface area contributed by atoms with E-state index in [0.717, 1.165) is 0 Å². The highest BCUT2D eigenvalue weighted by Crippen LogP contribution is 2.12. The van der Waals surface area contributed by atoms with Crippen LogP contribution in [-0.4, -0.2) is 50.1 Å². The van der Waals surface area contributed by atoms with Crippen molar-refractivity contribution in [2.75, 3.05) is 13.1 Å². The van der Waals surface area contributed by atoms with E-state index >= 15 is 0 Å². The molecule has 1 fully saturated rings. The molecule has 1 aromatic carbocycles. The first-order valence-corrected chi connectivity index (χ1v) is 5.79. The van der Waals surface area contributed by atoms with Gasteiger partial charge in [0.2, 0.25) is 0 Å².